The highest BCUT2D eigenvalue weighted by Gasteiger charge is 1.95. The van der Waals surface area contributed by atoms with Gasteiger partial charge in [0.25, 0.3) is 0 Å². The van der Waals surface area contributed by atoms with E-state index in [0.717, 1.165) is 17.9 Å². The normalized spacial score (nSPS) is 9.86. The van der Waals surface area contributed by atoms with Gasteiger partial charge in [0.1, 0.15) is 12.4 Å². The van der Waals surface area contributed by atoms with Crippen molar-refractivity contribution in [1.82, 2.24) is 5.32 Å². The zero-order valence-corrected chi connectivity index (χ0v) is 8.84. The van der Waals surface area contributed by atoms with Crippen LogP contribution in [-0.2, 0) is 0 Å². The van der Waals surface area contributed by atoms with Gasteiger partial charge in [-0.25, -0.2) is 0 Å². The molecule has 0 bridgehead atoms. The maximum atomic E-state index is 5.56. The predicted molar refractivity (Wildman–Crippen MR) is 59.7 cm³/mol. The average molecular weight is 191 g/mol. The summed E-state index contributed by atoms with van der Waals surface area (Å²) in [5.74, 6) is 0.905. The van der Waals surface area contributed by atoms with E-state index in [1.807, 2.05) is 25.2 Å². The molecule has 1 rings (SSSR count). The summed E-state index contributed by atoms with van der Waals surface area (Å²) < 4.78 is 5.56. The Kier molecular flexibility index (Phi) is 4.20. The zero-order chi connectivity index (χ0) is 10.4. The highest BCUT2D eigenvalue weighted by atomic mass is 16.5. The Morgan fingerprint density at radius 2 is 2.29 bits per heavy atom. The van der Waals surface area contributed by atoms with Crippen LogP contribution in [0.4, 0.5) is 0 Å². The lowest BCUT2D eigenvalue weighted by molar-refractivity contribution is 0.349. The smallest absolute Gasteiger partial charge is 0.120 e. The third-order valence-electron chi connectivity index (χ3n) is 1.86. The molecule has 14 heavy (non-hydrogen) atoms. The van der Waals surface area contributed by atoms with Crippen LogP contribution in [0.5, 0.6) is 5.75 Å². The fraction of sp³-hybridized carbons (Fsp3) is 0.333. The molecule has 2 heteroatoms. The summed E-state index contributed by atoms with van der Waals surface area (Å²) in [6.07, 6.45) is 0. The largest absolute Gasteiger partial charge is 0.489 e. The van der Waals surface area contributed by atoms with Crippen LogP contribution >= 0.6 is 0 Å². The maximum Gasteiger partial charge on any atom is 0.120 e. The summed E-state index contributed by atoms with van der Waals surface area (Å²) in [6, 6.07) is 8.02. The van der Waals surface area contributed by atoms with E-state index in [4.69, 9.17) is 4.74 Å². The number of hydrogen-bond acceptors (Lipinski definition) is 2. The molecule has 0 atom stereocenters. The van der Waals surface area contributed by atoms with Crippen molar-refractivity contribution in [2.24, 2.45) is 0 Å². The Morgan fingerprint density at radius 1 is 1.50 bits per heavy atom. The third-order valence-corrected chi connectivity index (χ3v) is 1.86. The van der Waals surface area contributed by atoms with Crippen molar-refractivity contribution >= 4 is 0 Å². The first kappa shape index (κ1) is 10.8. The molecule has 0 spiro atoms. The van der Waals surface area contributed by atoms with Crippen molar-refractivity contribution in [2.45, 2.75) is 6.92 Å². The summed E-state index contributed by atoms with van der Waals surface area (Å²) in [4.78, 5) is 0. The van der Waals surface area contributed by atoms with Gasteiger partial charge < -0.3 is 10.1 Å². The van der Waals surface area contributed by atoms with E-state index in [0.29, 0.717) is 6.61 Å². The molecule has 0 aliphatic heterocycles. The van der Waals surface area contributed by atoms with Gasteiger partial charge in [0.2, 0.25) is 0 Å². The molecule has 0 saturated carbocycles. The van der Waals surface area contributed by atoms with Gasteiger partial charge in [-0.3, -0.25) is 0 Å². The molecule has 1 aromatic rings. The van der Waals surface area contributed by atoms with Gasteiger partial charge in [-0.05, 0) is 37.2 Å². The van der Waals surface area contributed by atoms with E-state index in [2.05, 4.69) is 24.9 Å². The molecule has 2 nitrogen and oxygen atoms in total. The monoisotopic (exact) mass is 191 g/mol. The topological polar surface area (TPSA) is 21.3 Å². The van der Waals surface area contributed by atoms with E-state index in [-0.39, 0.29) is 0 Å². The van der Waals surface area contributed by atoms with Crippen molar-refractivity contribution in [1.29, 1.82) is 0 Å². The van der Waals surface area contributed by atoms with Crippen LogP contribution in [0.15, 0.2) is 36.4 Å². The van der Waals surface area contributed by atoms with E-state index in [1.165, 1.54) is 5.56 Å². The first-order valence-corrected chi connectivity index (χ1v) is 4.73. The molecule has 0 amide bonds. The third kappa shape index (κ3) is 3.62. The molecule has 0 fully saturated rings. The van der Waals surface area contributed by atoms with Crippen molar-refractivity contribution in [3.8, 4) is 5.75 Å². The molecule has 0 aromatic heterocycles. The molecule has 0 aliphatic carbocycles. The molecule has 0 saturated heterocycles. The average Bonchev–Trinajstić information content (AvgIpc) is 2.15. The Labute approximate surface area is 85.6 Å². The molecule has 0 aliphatic rings. The van der Waals surface area contributed by atoms with Crippen molar-refractivity contribution < 1.29 is 4.74 Å². The Hall–Kier alpha value is -1.28. The summed E-state index contributed by atoms with van der Waals surface area (Å²) in [5.41, 5.74) is 2.26. The van der Waals surface area contributed by atoms with Crippen molar-refractivity contribution in [3.63, 3.8) is 0 Å². The van der Waals surface area contributed by atoms with Crippen LogP contribution in [0.2, 0.25) is 0 Å². The minimum atomic E-state index is 0.574. The minimum absolute atomic E-state index is 0.574. The van der Waals surface area contributed by atoms with Crippen molar-refractivity contribution in [3.05, 3.63) is 42.0 Å². The molecule has 1 aromatic carbocycles. The maximum absolute atomic E-state index is 5.56. The fourth-order valence-electron chi connectivity index (χ4n) is 1.19. The quantitative estimate of drug-likeness (QED) is 0.720. The lowest BCUT2D eigenvalue weighted by Gasteiger charge is -2.08. The van der Waals surface area contributed by atoms with Crippen LogP contribution in [0, 0.1) is 6.92 Å². The van der Waals surface area contributed by atoms with Gasteiger partial charge in [-0.2, -0.15) is 0 Å². The number of rotatable bonds is 5. The van der Waals surface area contributed by atoms with Gasteiger partial charge in [-0.15, -0.1) is 0 Å². The number of benzene rings is 1. The van der Waals surface area contributed by atoms with E-state index >= 15 is 0 Å². The molecular formula is C12H17NO. The number of ether oxygens (including phenoxy) is 1. The van der Waals surface area contributed by atoms with Crippen LogP contribution in [0.25, 0.3) is 0 Å². The predicted octanol–water partition coefficient (Wildman–Crippen LogP) is 2.15. The van der Waals surface area contributed by atoms with Crippen molar-refractivity contribution in [2.75, 3.05) is 20.2 Å². The first-order chi connectivity index (χ1) is 6.72. The van der Waals surface area contributed by atoms with E-state index < -0.39 is 0 Å². The Morgan fingerprint density at radius 3 is 2.93 bits per heavy atom. The molecule has 0 heterocycles. The van der Waals surface area contributed by atoms with Crippen LogP contribution < -0.4 is 10.1 Å². The number of aryl methyl sites for hydroxylation is 1. The molecule has 1 N–H and O–H groups in total. The Balaban J connectivity index is 2.41. The van der Waals surface area contributed by atoms with E-state index in [9.17, 15) is 0 Å². The van der Waals surface area contributed by atoms with Gasteiger partial charge >= 0.3 is 0 Å². The zero-order valence-electron chi connectivity index (χ0n) is 8.84. The van der Waals surface area contributed by atoms with Crippen LogP contribution in [0.1, 0.15) is 5.56 Å². The molecule has 76 valence electrons. The summed E-state index contributed by atoms with van der Waals surface area (Å²) in [6.45, 7) is 7.32. The number of hydrogen-bond donors (Lipinski definition) is 1. The fourth-order valence-corrected chi connectivity index (χ4v) is 1.19. The SMILES string of the molecule is C=C(CNC)COc1cccc(C)c1. The summed E-state index contributed by atoms with van der Waals surface area (Å²) in [5, 5.41) is 3.04. The second-order valence-corrected chi connectivity index (χ2v) is 3.39. The lowest BCUT2D eigenvalue weighted by atomic mass is 10.2. The van der Waals surface area contributed by atoms with Gasteiger partial charge in [0, 0.05) is 6.54 Å². The highest BCUT2D eigenvalue weighted by molar-refractivity contribution is 5.27. The second kappa shape index (κ2) is 5.45. The van der Waals surface area contributed by atoms with Gasteiger partial charge in [-0.1, -0.05) is 18.7 Å². The summed E-state index contributed by atoms with van der Waals surface area (Å²) in [7, 11) is 1.90. The molecule has 0 unspecified atom stereocenters. The van der Waals surface area contributed by atoms with Gasteiger partial charge in [0.15, 0.2) is 0 Å². The number of nitrogens with one attached hydrogen (secondary N) is 1. The number of likely N-dealkylation sites (N-methyl/N-ethyl adjacent to an activating group) is 1. The Bertz CT molecular complexity index is 307. The van der Waals surface area contributed by atoms with Crippen LogP contribution in [-0.4, -0.2) is 20.2 Å². The van der Waals surface area contributed by atoms with Gasteiger partial charge in [0.05, 0.1) is 0 Å². The standard InChI is InChI=1S/C12H17NO/c1-10-5-4-6-12(7-10)14-9-11(2)8-13-3/h4-7,13H,2,8-9H2,1,3H3. The molecule has 0 radical (unpaired) electrons. The minimum Gasteiger partial charge on any atom is -0.489 e. The van der Waals surface area contributed by atoms with Crippen LogP contribution in [0.3, 0.4) is 0 Å². The summed E-state index contributed by atoms with van der Waals surface area (Å²) >= 11 is 0. The second-order valence-electron chi connectivity index (χ2n) is 3.39. The highest BCUT2D eigenvalue weighted by Crippen LogP contribution is 2.12. The first-order valence-electron chi connectivity index (χ1n) is 4.73. The lowest BCUT2D eigenvalue weighted by Crippen LogP contribution is -2.14. The molecular weight excluding hydrogens is 174 g/mol. The van der Waals surface area contributed by atoms with E-state index in [1.54, 1.807) is 0 Å².